The molecule has 0 spiro atoms. The fraction of sp³-hybridized carbons (Fsp3) is 0.118. The number of carbonyl (C=O) groups is 1. The smallest absolute Gasteiger partial charge is 0.339 e. The van der Waals surface area contributed by atoms with Crippen molar-refractivity contribution in [2.24, 2.45) is 0 Å². The van der Waals surface area contributed by atoms with Gasteiger partial charge in [0.1, 0.15) is 12.4 Å². The summed E-state index contributed by atoms with van der Waals surface area (Å²) in [6.45, 7) is 0.267. The summed E-state index contributed by atoms with van der Waals surface area (Å²) in [5.41, 5.74) is 1.28. The molecule has 22 heavy (non-hydrogen) atoms. The average Bonchev–Trinajstić information content (AvgIpc) is 2.53. The summed E-state index contributed by atoms with van der Waals surface area (Å²) in [7, 11) is 0. The fourth-order valence-electron chi connectivity index (χ4n) is 1.68. The summed E-state index contributed by atoms with van der Waals surface area (Å²) in [6.07, 6.45) is 5.03. The Kier molecular flexibility index (Phi) is 5.71. The Hall–Kier alpha value is -2.15. The molecule has 0 bridgehead atoms. The first-order valence-electron chi connectivity index (χ1n) is 6.37. The SMILES string of the molecule is C#CCOC(=O)c1ccc(OCc2ccc(Cl)cc2)c(Cl)c1. The van der Waals surface area contributed by atoms with Gasteiger partial charge in [-0.25, -0.2) is 4.79 Å². The fourth-order valence-corrected chi connectivity index (χ4v) is 2.04. The van der Waals surface area contributed by atoms with Crippen LogP contribution in [0.5, 0.6) is 5.75 Å². The number of halogens is 2. The molecule has 0 radical (unpaired) electrons. The molecular formula is C17H12Cl2O3. The number of ether oxygens (including phenoxy) is 2. The van der Waals surface area contributed by atoms with Crippen LogP contribution in [0.1, 0.15) is 15.9 Å². The molecule has 0 aromatic heterocycles. The van der Waals surface area contributed by atoms with E-state index in [1.165, 1.54) is 6.07 Å². The lowest BCUT2D eigenvalue weighted by atomic mass is 10.2. The third kappa shape index (κ3) is 4.42. The number of hydrogen-bond donors (Lipinski definition) is 0. The highest BCUT2D eigenvalue weighted by atomic mass is 35.5. The molecular weight excluding hydrogens is 323 g/mol. The highest BCUT2D eigenvalue weighted by Crippen LogP contribution is 2.26. The highest BCUT2D eigenvalue weighted by Gasteiger charge is 2.10. The summed E-state index contributed by atoms with van der Waals surface area (Å²) < 4.78 is 10.4. The number of rotatable bonds is 5. The van der Waals surface area contributed by atoms with Crippen molar-refractivity contribution in [1.82, 2.24) is 0 Å². The van der Waals surface area contributed by atoms with E-state index >= 15 is 0 Å². The van der Waals surface area contributed by atoms with Crippen LogP contribution in [0.3, 0.4) is 0 Å². The Morgan fingerprint density at radius 1 is 1.14 bits per heavy atom. The van der Waals surface area contributed by atoms with Crippen LogP contribution in [0.25, 0.3) is 0 Å². The predicted molar refractivity (Wildman–Crippen MR) is 86.4 cm³/mol. The lowest BCUT2D eigenvalue weighted by Gasteiger charge is -2.09. The molecule has 2 aromatic carbocycles. The van der Waals surface area contributed by atoms with E-state index in [-0.39, 0.29) is 6.61 Å². The van der Waals surface area contributed by atoms with Gasteiger partial charge in [-0.2, -0.15) is 0 Å². The molecule has 0 amide bonds. The summed E-state index contributed by atoms with van der Waals surface area (Å²) >= 11 is 11.9. The zero-order chi connectivity index (χ0) is 15.9. The lowest BCUT2D eigenvalue weighted by Crippen LogP contribution is -2.05. The standard InChI is InChI=1S/C17H12Cl2O3/c1-2-9-21-17(20)13-5-8-16(15(19)10-13)22-11-12-3-6-14(18)7-4-12/h1,3-8,10H,9,11H2. The molecule has 0 unspecified atom stereocenters. The zero-order valence-corrected chi connectivity index (χ0v) is 13.0. The van der Waals surface area contributed by atoms with Gasteiger partial charge in [-0.05, 0) is 35.9 Å². The van der Waals surface area contributed by atoms with Gasteiger partial charge in [0, 0.05) is 5.02 Å². The molecule has 0 atom stereocenters. The molecule has 0 saturated heterocycles. The zero-order valence-electron chi connectivity index (χ0n) is 11.5. The number of hydrogen-bond acceptors (Lipinski definition) is 3. The quantitative estimate of drug-likeness (QED) is 0.601. The third-order valence-corrected chi connectivity index (χ3v) is 3.31. The molecule has 5 heteroatoms. The average molecular weight is 335 g/mol. The van der Waals surface area contributed by atoms with E-state index in [1.54, 1.807) is 24.3 Å². The van der Waals surface area contributed by atoms with Gasteiger partial charge in [0.2, 0.25) is 0 Å². The molecule has 3 nitrogen and oxygen atoms in total. The molecule has 0 heterocycles. The number of carbonyl (C=O) groups excluding carboxylic acids is 1. The predicted octanol–water partition coefficient (Wildman–Crippen LogP) is 4.36. The van der Waals surface area contributed by atoms with Crippen LogP contribution < -0.4 is 4.74 Å². The molecule has 0 N–H and O–H groups in total. The van der Waals surface area contributed by atoms with Crippen molar-refractivity contribution < 1.29 is 14.3 Å². The van der Waals surface area contributed by atoms with Crippen molar-refractivity contribution in [2.75, 3.05) is 6.61 Å². The van der Waals surface area contributed by atoms with Gasteiger partial charge in [0.15, 0.2) is 6.61 Å². The van der Waals surface area contributed by atoms with Crippen molar-refractivity contribution in [2.45, 2.75) is 6.61 Å². The van der Waals surface area contributed by atoms with Crippen LogP contribution >= 0.6 is 23.2 Å². The van der Waals surface area contributed by atoms with Crippen molar-refractivity contribution in [3.63, 3.8) is 0 Å². The van der Waals surface area contributed by atoms with Gasteiger partial charge in [-0.1, -0.05) is 41.3 Å². The molecule has 0 aliphatic rings. The van der Waals surface area contributed by atoms with Crippen LogP contribution in [-0.4, -0.2) is 12.6 Å². The summed E-state index contributed by atoms with van der Waals surface area (Å²) in [5, 5.41) is 0.987. The van der Waals surface area contributed by atoms with Crippen LogP contribution in [0.4, 0.5) is 0 Å². The van der Waals surface area contributed by atoms with E-state index in [0.29, 0.717) is 28.0 Å². The Morgan fingerprint density at radius 2 is 1.86 bits per heavy atom. The van der Waals surface area contributed by atoms with Gasteiger partial charge in [0.05, 0.1) is 10.6 Å². The normalized spacial score (nSPS) is 9.86. The highest BCUT2D eigenvalue weighted by molar-refractivity contribution is 6.32. The summed E-state index contributed by atoms with van der Waals surface area (Å²) in [4.78, 5) is 11.6. The minimum Gasteiger partial charge on any atom is -0.487 e. The maximum absolute atomic E-state index is 11.6. The second-order valence-electron chi connectivity index (χ2n) is 4.34. The molecule has 0 aliphatic heterocycles. The largest absolute Gasteiger partial charge is 0.487 e. The van der Waals surface area contributed by atoms with E-state index in [9.17, 15) is 4.79 Å². The van der Waals surface area contributed by atoms with Crippen molar-refractivity contribution >= 4 is 29.2 Å². The van der Waals surface area contributed by atoms with E-state index < -0.39 is 5.97 Å². The second kappa shape index (κ2) is 7.74. The summed E-state index contributed by atoms with van der Waals surface area (Å²) in [5.74, 6) is 2.18. The summed E-state index contributed by atoms with van der Waals surface area (Å²) in [6, 6.07) is 12.0. The van der Waals surface area contributed by atoms with Crippen molar-refractivity contribution in [1.29, 1.82) is 0 Å². The van der Waals surface area contributed by atoms with Gasteiger partial charge in [-0.3, -0.25) is 0 Å². The van der Waals surface area contributed by atoms with Gasteiger partial charge >= 0.3 is 5.97 Å². The molecule has 0 saturated carbocycles. The van der Waals surface area contributed by atoms with Gasteiger partial charge < -0.3 is 9.47 Å². The number of benzene rings is 2. The minimum absolute atomic E-state index is 0.0781. The Labute approximate surface area is 138 Å². The first-order valence-corrected chi connectivity index (χ1v) is 7.13. The third-order valence-electron chi connectivity index (χ3n) is 2.76. The van der Waals surface area contributed by atoms with Crippen LogP contribution in [-0.2, 0) is 11.3 Å². The Balaban J connectivity index is 2.02. The minimum atomic E-state index is -0.524. The molecule has 2 aromatic rings. The molecule has 0 aliphatic carbocycles. The first-order chi connectivity index (χ1) is 10.6. The second-order valence-corrected chi connectivity index (χ2v) is 5.18. The van der Waals surface area contributed by atoms with E-state index in [2.05, 4.69) is 5.92 Å². The molecule has 112 valence electrons. The van der Waals surface area contributed by atoms with E-state index in [1.807, 2.05) is 12.1 Å². The lowest BCUT2D eigenvalue weighted by molar-refractivity contribution is 0.0556. The van der Waals surface area contributed by atoms with E-state index in [4.69, 9.17) is 39.1 Å². The van der Waals surface area contributed by atoms with E-state index in [0.717, 1.165) is 5.56 Å². The van der Waals surface area contributed by atoms with Gasteiger partial charge in [0.25, 0.3) is 0 Å². The first kappa shape index (κ1) is 16.2. The number of esters is 1. The van der Waals surface area contributed by atoms with Crippen LogP contribution in [0, 0.1) is 12.3 Å². The number of terminal acetylenes is 1. The van der Waals surface area contributed by atoms with Crippen molar-refractivity contribution in [3.8, 4) is 18.1 Å². The maximum atomic E-state index is 11.6. The molecule has 2 rings (SSSR count). The monoisotopic (exact) mass is 334 g/mol. The van der Waals surface area contributed by atoms with Crippen LogP contribution in [0.15, 0.2) is 42.5 Å². The maximum Gasteiger partial charge on any atom is 0.339 e. The van der Waals surface area contributed by atoms with Gasteiger partial charge in [-0.15, -0.1) is 6.42 Å². The molecule has 0 fully saturated rings. The van der Waals surface area contributed by atoms with Crippen molar-refractivity contribution in [3.05, 3.63) is 63.6 Å². The van der Waals surface area contributed by atoms with Crippen LogP contribution in [0.2, 0.25) is 10.0 Å². The Bertz CT molecular complexity index is 703. The topological polar surface area (TPSA) is 35.5 Å². The Morgan fingerprint density at radius 3 is 2.50 bits per heavy atom.